The van der Waals surface area contributed by atoms with Gasteiger partial charge in [0.15, 0.2) is 0 Å². The summed E-state index contributed by atoms with van der Waals surface area (Å²) in [7, 11) is 0. The Labute approximate surface area is 102 Å². The zero-order chi connectivity index (χ0) is 12.5. The molecule has 0 unspecified atom stereocenters. The van der Waals surface area contributed by atoms with E-state index in [1.54, 1.807) is 35.4 Å². The Kier molecular flexibility index (Phi) is 2.26. The van der Waals surface area contributed by atoms with E-state index in [-0.39, 0.29) is 5.56 Å². The first-order chi connectivity index (χ1) is 8.77. The minimum atomic E-state index is -1.01. The fourth-order valence-electron chi connectivity index (χ4n) is 1.80. The Morgan fingerprint density at radius 3 is 2.61 bits per heavy atom. The lowest BCUT2D eigenvalue weighted by atomic mass is 10.2. The molecule has 6 nitrogen and oxygen atoms in total. The van der Waals surface area contributed by atoms with E-state index in [1.807, 2.05) is 0 Å². The number of carboxylic acids is 1. The molecule has 0 bridgehead atoms. The topological polar surface area (TPSA) is 80.9 Å². The molecule has 0 atom stereocenters. The number of nitrogens with zero attached hydrogens (tertiary/aromatic N) is 4. The number of aromatic carboxylic acids is 1. The number of hydrogen-bond acceptors (Lipinski definition) is 4. The zero-order valence-electron chi connectivity index (χ0n) is 9.19. The van der Waals surface area contributed by atoms with Gasteiger partial charge in [0.1, 0.15) is 0 Å². The van der Waals surface area contributed by atoms with Crippen LogP contribution >= 0.6 is 0 Å². The summed E-state index contributed by atoms with van der Waals surface area (Å²) >= 11 is 0. The summed E-state index contributed by atoms with van der Waals surface area (Å²) in [5.41, 5.74) is 1.61. The molecule has 0 radical (unpaired) electrons. The molecule has 0 aliphatic rings. The molecule has 6 heteroatoms. The van der Waals surface area contributed by atoms with E-state index < -0.39 is 5.97 Å². The van der Waals surface area contributed by atoms with Gasteiger partial charge in [-0.2, -0.15) is 5.10 Å². The summed E-state index contributed by atoms with van der Waals surface area (Å²) in [6.45, 7) is 0. The largest absolute Gasteiger partial charge is 0.478 e. The van der Waals surface area contributed by atoms with Crippen molar-refractivity contribution in [3.8, 4) is 5.69 Å². The van der Waals surface area contributed by atoms with Crippen LogP contribution in [0.15, 0.2) is 43.1 Å². The van der Waals surface area contributed by atoms with Crippen LogP contribution in [-0.2, 0) is 0 Å². The Bertz CT molecular complexity index is 721. The molecule has 3 heterocycles. The molecule has 0 saturated carbocycles. The van der Waals surface area contributed by atoms with Gasteiger partial charge in [-0.05, 0) is 12.1 Å². The van der Waals surface area contributed by atoms with Crippen molar-refractivity contribution in [1.29, 1.82) is 0 Å². The predicted octanol–water partition coefficient (Wildman–Crippen LogP) is 1.51. The third kappa shape index (κ3) is 1.51. The Balaban J connectivity index is 2.28. The molecule has 0 spiro atoms. The van der Waals surface area contributed by atoms with Crippen molar-refractivity contribution >= 4 is 16.9 Å². The lowest BCUT2D eigenvalue weighted by Crippen LogP contribution is -1.99. The maximum absolute atomic E-state index is 11.1. The molecule has 3 aromatic heterocycles. The summed E-state index contributed by atoms with van der Waals surface area (Å²) in [5.74, 6) is -1.01. The standard InChI is InChI=1S/C12H8N4O2/c17-12(18)10-5-14-7-11-9(10)6-15-16(11)8-1-3-13-4-2-8/h1-7H,(H,17,18). The number of rotatable bonds is 2. The molecule has 0 amide bonds. The van der Waals surface area contributed by atoms with Crippen molar-refractivity contribution in [2.45, 2.75) is 0 Å². The third-order valence-electron chi connectivity index (χ3n) is 2.63. The summed E-state index contributed by atoms with van der Waals surface area (Å²) in [6.07, 6.45) is 7.74. The fourth-order valence-corrected chi connectivity index (χ4v) is 1.80. The van der Waals surface area contributed by atoms with Gasteiger partial charge in [-0.1, -0.05) is 0 Å². The normalized spacial score (nSPS) is 10.7. The summed E-state index contributed by atoms with van der Waals surface area (Å²) < 4.78 is 1.64. The van der Waals surface area contributed by atoms with E-state index >= 15 is 0 Å². The first kappa shape index (κ1) is 10.4. The molecule has 3 aromatic rings. The minimum Gasteiger partial charge on any atom is -0.478 e. The third-order valence-corrected chi connectivity index (χ3v) is 2.63. The molecule has 0 saturated heterocycles. The predicted molar refractivity (Wildman–Crippen MR) is 63.6 cm³/mol. The molecule has 88 valence electrons. The maximum Gasteiger partial charge on any atom is 0.338 e. The minimum absolute atomic E-state index is 0.146. The van der Waals surface area contributed by atoms with Crippen molar-refractivity contribution in [2.24, 2.45) is 0 Å². The van der Waals surface area contributed by atoms with Crippen LogP contribution in [0.5, 0.6) is 0 Å². The van der Waals surface area contributed by atoms with Gasteiger partial charge in [0.2, 0.25) is 0 Å². The monoisotopic (exact) mass is 240 g/mol. The second kappa shape index (κ2) is 3.92. The molecule has 3 rings (SSSR count). The van der Waals surface area contributed by atoms with Gasteiger partial charge < -0.3 is 5.11 Å². The van der Waals surface area contributed by atoms with Crippen molar-refractivity contribution in [2.75, 3.05) is 0 Å². The fraction of sp³-hybridized carbons (Fsp3) is 0. The van der Waals surface area contributed by atoms with Gasteiger partial charge in [-0.15, -0.1) is 0 Å². The van der Waals surface area contributed by atoms with Gasteiger partial charge in [-0.25, -0.2) is 9.48 Å². The lowest BCUT2D eigenvalue weighted by Gasteiger charge is -2.02. The van der Waals surface area contributed by atoms with Crippen LogP contribution in [0.1, 0.15) is 10.4 Å². The van der Waals surface area contributed by atoms with E-state index in [0.29, 0.717) is 10.9 Å². The molecule has 1 N–H and O–H groups in total. The van der Waals surface area contributed by atoms with Crippen molar-refractivity contribution in [3.05, 3.63) is 48.7 Å². The van der Waals surface area contributed by atoms with Crippen LogP contribution in [0.2, 0.25) is 0 Å². The second-order valence-electron chi connectivity index (χ2n) is 3.69. The molecule has 0 aromatic carbocycles. The number of hydrogen-bond donors (Lipinski definition) is 1. The average Bonchev–Trinajstić information content (AvgIpc) is 2.83. The zero-order valence-corrected chi connectivity index (χ0v) is 9.19. The summed E-state index contributed by atoms with van der Waals surface area (Å²) in [6, 6.07) is 3.58. The number of fused-ring (bicyclic) bond motifs is 1. The van der Waals surface area contributed by atoms with Crippen molar-refractivity contribution in [3.63, 3.8) is 0 Å². The number of carbonyl (C=O) groups is 1. The van der Waals surface area contributed by atoms with Gasteiger partial charge >= 0.3 is 5.97 Å². The average molecular weight is 240 g/mol. The van der Waals surface area contributed by atoms with Crippen LogP contribution in [0.25, 0.3) is 16.6 Å². The molecular weight excluding hydrogens is 232 g/mol. The van der Waals surface area contributed by atoms with E-state index in [0.717, 1.165) is 5.69 Å². The van der Waals surface area contributed by atoms with Crippen LogP contribution in [0, 0.1) is 0 Å². The van der Waals surface area contributed by atoms with Crippen LogP contribution in [-0.4, -0.2) is 30.8 Å². The SMILES string of the molecule is O=C(O)c1cncc2c1cnn2-c1ccncc1. The summed E-state index contributed by atoms with van der Waals surface area (Å²) in [5, 5.41) is 13.8. The van der Waals surface area contributed by atoms with E-state index in [2.05, 4.69) is 15.1 Å². The van der Waals surface area contributed by atoms with Gasteiger partial charge in [0.25, 0.3) is 0 Å². The van der Waals surface area contributed by atoms with E-state index in [1.165, 1.54) is 12.4 Å². The van der Waals surface area contributed by atoms with Gasteiger partial charge in [-0.3, -0.25) is 9.97 Å². The smallest absolute Gasteiger partial charge is 0.338 e. The molecule has 0 aliphatic heterocycles. The molecular formula is C12H8N4O2. The first-order valence-electron chi connectivity index (χ1n) is 5.23. The Morgan fingerprint density at radius 1 is 1.11 bits per heavy atom. The quantitative estimate of drug-likeness (QED) is 0.734. The number of aromatic nitrogens is 4. The first-order valence-corrected chi connectivity index (χ1v) is 5.23. The second-order valence-corrected chi connectivity index (χ2v) is 3.69. The van der Waals surface area contributed by atoms with Gasteiger partial charge in [0, 0.05) is 24.0 Å². The van der Waals surface area contributed by atoms with E-state index in [4.69, 9.17) is 5.11 Å². The lowest BCUT2D eigenvalue weighted by molar-refractivity contribution is 0.0698. The highest BCUT2D eigenvalue weighted by atomic mass is 16.4. The number of carboxylic acid groups (broad SMARTS) is 1. The molecule has 18 heavy (non-hydrogen) atoms. The van der Waals surface area contributed by atoms with Crippen molar-refractivity contribution in [1.82, 2.24) is 19.7 Å². The van der Waals surface area contributed by atoms with Gasteiger partial charge in [0.05, 0.1) is 29.2 Å². The maximum atomic E-state index is 11.1. The number of pyridine rings is 2. The van der Waals surface area contributed by atoms with Crippen LogP contribution < -0.4 is 0 Å². The Hall–Kier alpha value is -2.76. The highest BCUT2D eigenvalue weighted by Gasteiger charge is 2.13. The highest BCUT2D eigenvalue weighted by molar-refractivity contribution is 6.02. The highest BCUT2D eigenvalue weighted by Crippen LogP contribution is 2.20. The molecule has 0 aliphatic carbocycles. The molecule has 0 fully saturated rings. The Morgan fingerprint density at radius 2 is 1.89 bits per heavy atom. The van der Waals surface area contributed by atoms with Crippen LogP contribution in [0.3, 0.4) is 0 Å². The van der Waals surface area contributed by atoms with Crippen molar-refractivity contribution < 1.29 is 9.90 Å². The summed E-state index contributed by atoms with van der Waals surface area (Å²) in [4.78, 5) is 18.9. The van der Waals surface area contributed by atoms with Crippen LogP contribution in [0.4, 0.5) is 0 Å². The van der Waals surface area contributed by atoms with E-state index in [9.17, 15) is 4.79 Å².